The molecular formula is C13H18FN3O. The number of hydrogen-bond acceptors (Lipinski definition) is 3. The summed E-state index contributed by atoms with van der Waals surface area (Å²) in [5.74, 6) is 0.754. The summed E-state index contributed by atoms with van der Waals surface area (Å²) in [6.07, 6.45) is 1.35. The van der Waals surface area contributed by atoms with Crippen molar-refractivity contribution in [3.63, 3.8) is 0 Å². The molecule has 1 aliphatic heterocycles. The van der Waals surface area contributed by atoms with E-state index in [0.29, 0.717) is 6.42 Å². The molecular weight excluding hydrogens is 233 g/mol. The minimum Gasteiger partial charge on any atom is -0.488 e. The van der Waals surface area contributed by atoms with Crippen molar-refractivity contribution in [2.24, 2.45) is 5.73 Å². The first kappa shape index (κ1) is 12.8. The number of nitrogens with zero attached hydrogens (tertiary/aromatic N) is 1. The van der Waals surface area contributed by atoms with E-state index in [0.717, 1.165) is 30.8 Å². The Hall–Kier alpha value is -1.62. The van der Waals surface area contributed by atoms with E-state index in [1.807, 2.05) is 7.05 Å². The summed E-state index contributed by atoms with van der Waals surface area (Å²) in [5.41, 5.74) is 6.25. The van der Waals surface area contributed by atoms with Crippen LogP contribution in [0.15, 0.2) is 18.2 Å². The van der Waals surface area contributed by atoms with Gasteiger partial charge in [-0.25, -0.2) is 4.39 Å². The van der Waals surface area contributed by atoms with Crippen LogP contribution in [0.2, 0.25) is 0 Å². The summed E-state index contributed by atoms with van der Waals surface area (Å²) in [7, 11) is 1.97. The predicted molar refractivity (Wildman–Crippen MR) is 68.5 cm³/mol. The van der Waals surface area contributed by atoms with Gasteiger partial charge >= 0.3 is 0 Å². The highest BCUT2D eigenvalue weighted by molar-refractivity contribution is 5.76. The predicted octanol–water partition coefficient (Wildman–Crippen LogP) is 1.39. The van der Waals surface area contributed by atoms with E-state index in [9.17, 15) is 4.39 Å². The molecule has 5 heteroatoms. The number of nitrogens with two attached hydrogens (primary N) is 1. The van der Waals surface area contributed by atoms with Crippen molar-refractivity contribution >= 4 is 5.84 Å². The first-order chi connectivity index (χ1) is 8.54. The molecule has 4 nitrogen and oxygen atoms in total. The topological polar surface area (TPSA) is 62.3 Å². The lowest BCUT2D eigenvalue weighted by molar-refractivity contribution is 0.170. The molecule has 0 fully saturated rings. The highest BCUT2D eigenvalue weighted by atomic mass is 19.1. The average molecular weight is 251 g/mol. The zero-order chi connectivity index (χ0) is 13.1. The van der Waals surface area contributed by atoms with E-state index in [2.05, 4.69) is 4.90 Å². The first-order valence-electron chi connectivity index (χ1n) is 6.01. The van der Waals surface area contributed by atoms with Crippen molar-refractivity contribution in [3.05, 3.63) is 29.6 Å². The summed E-state index contributed by atoms with van der Waals surface area (Å²) < 4.78 is 18.8. The van der Waals surface area contributed by atoms with Gasteiger partial charge in [-0.2, -0.15) is 0 Å². The Morgan fingerprint density at radius 3 is 3.11 bits per heavy atom. The number of fused-ring (bicyclic) bond motifs is 1. The molecule has 0 amide bonds. The Morgan fingerprint density at radius 1 is 1.61 bits per heavy atom. The molecule has 1 unspecified atom stereocenters. The highest BCUT2D eigenvalue weighted by Gasteiger charge is 2.24. The van der Waals surface area contributed by atoms with Crippen LogP contribution in [-0.2, 0) is 6.42 Å². The van der Waals surface area contributed by atoms with Crippen LogP contribution >= 0.6 is 0 Å². The molecule has 18 heavy (non-hydrogen) atoms. The van der Waals surface area contributed by atoms with E-state index in [-0.39, 0.29) is 17.8 Å². The Labute approximate surface area is 106 Å². The smallest absolute Gasteiger partial charge is 0.123 e. The summed E-state index contributed by atoms with van der Waals surface area (Å²) in [6, 6.07) is 4.63. The van der Waals surface area contributed by atoms with Crippen LogP contribution in [0.1, 0.15) is 12.0 Å². The number of nitrogens with one attached hydrogen (secondary N) is 1. The first-order valence-corrected chi connectivity index (χ1v) is 6.01. The third-order valence-corrected chi connectivity index (χ3v) is 3.04. The van der Waals surface area contributed by atoms with Crippen LogP contribution in [0, 0.1) is 11.2 Å². The molecule has 1 atom stereocenters. The lowest BCUT2D eigenvalue weighted by atomic mass is 10.1. The van der Waals surface area contributed by atoms with E-state index in [4.69, 9.17) is 15.9 Å². The summed E-state index contributed by atoms with van der Waals surface area (Å²) in [4.78, 5) is 2.08. The number of amidine groups is 1. The SMILES string of the molecule is CN(CCC(=N)N)CC1Cc2cc(F)ccc2O1. The van der Waals surface area contributed by atoms with Crippen molar-refractivity contribution in [1.29, 1.82) is 5.41 Å². The van der Waals surface area contributed by atoms with Crippen LogP contribution in [0.4, 0.5) is 4.39 Å². The minimum absolute atomic E-state index is 0.0544. The monoisotopic (exact) mass is 251 g/mol. The standard InChI is InChI=1S/C13H18FN3O/c1-17(5-4-13(15)16)8-11-7-9-6-10(14)2-3-12(9)18-11/h2-3,6,11H,4-5,7-8H2,1H3,(H3,15,16). The lowest BCUT2D eigenvalue weighted by Gasteiger charge is -2.20. The van der Waals surface area contributed by atoms with Gasteiger partial charge in [0.25, 0.3) is 0 Å². The number of ether oxygens (including phenoxy) is 1. The molecule has 0 bridgehead atoms. The Bertz CT molecular complexity index is 450. The Kier molecular flexibility index (Phi) is 3.81. The maximum Gasteiger partial charge on any atom is 0.123 e. The van der Waals surface area contributed by atoms with Crippen LogP contribution in [0.5, 0.6) is 5.75 Å². The van der Waals surface area contributed by atoms with Gasteiger partial charge in [0.1, 0.15) is 17.7 Å². The average Bonchev–Trinajstić information content (AvgIpc) is 2.67. The molecule has 1 aliphatic rings. The highest BCUT2D eigenvalue weighted by Crippen LogP contribution is 2.29. The van der Waals surface area contributed by atoms with Crippen molar-refractivity contribution in [2.45, 2.75) is 18.9 Å². The van der Waals surface area contributed by atoms with Crippen molar-refractivity contribution < 1.29 is 9.13 Å². The van der Waals surface area contributed by atoms with Crippen LogP contribution < -0.4 is 10.5 Å². The van der Waals surface area contributed by atoms with Gasteiger partial charge in [-0.15, -0.1) is 0 Å². The largest absolute Gasteiger partial charge is 0.488 e. The zero-order valence-electron chi connectivity index (χ0n) is 10.4. The fourth-order valence-corrected chi connectivity index (χ4v) is 2.14. The zero-order valence-corrected chi connectivity index (χ0v) is 10.4. The fraction of sp³-hybridized carbons (Fsp3) is 0.462. The Morgan fingerprint density at radius 2 is 2.39 bits per heavy atom. The second kappa shape index (κ2) is 5.35. The van der Waals surface area contributed by atoms with Crippen LogP contribution in [0.25, 0.3) is 0 Å². The summed E-state index contributed by atoms with van der Waals surface area (Å²) >= 11 is 0. The van der Waals surface area contributed by atoms with Gasteiger partial charge in [-0.3, -0.25) is 5.41 Å². The number of benzene rings is 1. The molecule has 2 rings (SSSR count). The van der Waals surface area contributed by atoms with E-state index in [1.54, 1.807) is 6.07 Å². The quantitative estimate of drug-likeness (QED) is 0.614. The molecule has 0 aliphatic carbocycles. The van der Waals surface area contributed by atoms with Gasteiger partial charge in [0.05, 0.1) is 5.84 Å². The van der Waals surface area contributed by atoms with Gasteiger partial charge in [-0.1, -0.05) is 0 Å². The van der Waals surface area contributed by atoms with Gasteiger partial charge in [0.15, 0.2) is 0 Å². The molecule has 3 N–H and O–H groups in total. The number of likely N-dealkylation sites (N-methyl/N-ethyl adjacent to an activating group) is 1. The molecule has 0 spiro atoms. The summed E-state index contributed by atoms with van der Waals surface area (Å²) in [5, 5.41) is 7.18. The van der Waals surface area contributed by atoms with E-state index < -0.39 is 0 Å². The number of rotatable bonds is 5. The number of halogens is 1. The molecule has 0 aromatic heterocycles. The fourth-order valence-electron chi connectivity index (χ4n) is 2.14. The molecule has 98 valence electrons. The van der Waals surface area contributed by atoms with Crippen molar-refractivity contribution in [3.8, 4) is 5.75 Å². The van der Waals surface area contributed by atoms with Gasteiger partial charge in [0, 0.05) is 31.5 Å². The Balaban J connectivity index is 1.85. The third-order valence-electron chi connectivity index (χ3n) is 3.04. The molecule has 1 aromatic carbocycles. The molecule has 1 aromatic rings. The number of hydrogen-bond donors (Lipinski definition) is 2. The van der Waals surface area contributed by atoms with Crippen molar-refractivity contribution in [2.75, 3.05) is 20.1 Å². The maximum atomic E-state index is 13.1. The molecule has 0 saturated carbocycles. The van der Waals surface area contributed by atoms with Gasteiger partial charge < -0.3 is 15.4 Å². The third kappa shape index (κ3) is 3.20. The van der Waals surface area contributed by atoms with Gasteiger partial charge in [-0.05, 0) is 25.2 Å². The van der Waals surface area contributed by atoms with Crippen LogP contribution in [0.3, 0.4) is 0 Å². The second-order valence-electron chi connectivity index (χ2n) is 4.73. The molecule has 1 heterocycles. The summed E-state index contributed by atoms with van der Waals surface area (Å²) in [6.45, 7) is 1.49. The van der Waals surface area contributed by atoms with Gasteiger partial charge in [0.2, 0.25) is 0 Å². The minimum atomic E-state index is -0.220. The van der Waals surface area contributed by atoms with Crippen LogP contribution in [-0.4, -0.2) is 37.0 Å². The van der Waals surface area contributed by atoms with E-state index in [1.165, 1.54) is 12.1 Å². The molecule has 0 radical (unpaired) electrons. The molecule has 0 saturated heterocycles. The normalized spacial score (nSPS) is 17.6. The van der Waals surface area contributed by atoms with E-state index >= 15 is 0 Å². The second-order valence-corrected chi connectivity index (χ2v) is 4.73. The lowest BCUT2D eigenvalue weighted by Crippen LogP contribution is -2.34. The van der Waals surface area contributed by atoms with Crippen molar-refractivity contribution in [1.82, 2.24) is 4.90 Å². The maximum absolute atomic E-state index is 13.1.